The van der Waals surface area contributed by atoms with Crippen molar-refractivity contribution in [3.63, 3.8) is 0 Å². The van der Waals surface area contributed by atoms with E-state index in [4.69, 9.17) is 57.7 Å². The zero-order chi connectivity index (χ0) is 41.8. The lowest BCUT2D eigenvalue weighted by atomic mass is 10.0. The molecule has 0 spiro atoms. The molecule has 2 atom stereocenters. The number of piperidine rings is 1. The summed E-state index contributed by atoms with van der Waals surface area (Å²) < 4.78 is 29.8. The Bertz CT molecular complexity index is 1810. The van der Waals surface area contributed by atoms with Crippen LogP contribution in [0.5, 0.6) is 5.75 Å². The third-order valence-electron chi connectivity index (χ3n) is 7.59. The number of anilines is 3. The maximum Gasteiger partial charge on any atom is 0.321 e. The summed E-state index contributed by atoms with van der Waals surface area (Å²) in [7, 11) is 3.29. The van der Waals surface area contributed by atoms with Gasteiger partial charge in [-0.3, -0.25) is 24.0 Å². The summed E-state index contributed by atoms with van der Waals surface area (Å²) in [6.07, 6.45) is 3.67. The lowest BCUT2D eigenvalue weighted by Gasteiger charge is -2.27. The van der Waals surface area contributed by atoms with Crippen molar-refractivity contribution in [2.24, 2.45) is 11.5 Å². The molecule has 1 aliphatic heterocycles. The lowest BCUT2D eigenvalue weighted by molar-refractivity contribution is -0.144. The molecular formula is C35H45ClFN7O12. The van der Waals surface area contributed by atoms with Crippen LogP contribution in [-0.4, -0.2) is 131 Å². The number of rotatable bonds is 17. The number of nitrogens with one attached hydrogen (secondary N) is 2. The quantitative estimate of drug-likeness (QED) is 0.0718. The number of fused-ring (bicyclic) bond motifs is 1. The summed E-state index contributed by atoms with van der Waals surface area (Å²) in [6.45, 7) is 4.05. The van der Waals surface area contributed by atoms with Gasteiger partial charge in [0.15, 0.2) is 0 Å². The van der Waals surface area contributed by atoms with Crippen LogP contribution in [0.2, 0.25) is 5.02 Å². The number of benzene rings is 2. The van der Waals surface area contributed by atoms with Gasteiger partial charge in [0.05, 0.1) is 42.3 Å². The molecule has 1 aliphatic rings. The van der Waals surface area contributed by atoms with E-state index >= 15 is 0 Å². The molecule has 0 saturated carbocycles. The van der Waals surface area contributed by atoms with Crippen molar-refractivity contribution in [2.75, 3.05) is 64.3 Å². The Labute approximate surface area is 325 Å². The van der Waals surface area contributed by atoms with Crippen molar-refractivity contribution in [1.29, 1.82) is 0 Å². The minimum Gasteiger partial charge on any atom is -0.489 e. The highest BCUT2D eigenvalue weighted by Crippen LogP contribution is 2.34. The molecule has 0 unspecified atom stereocenters. The fraction of sp³-hybridized carbons (Fsp3) is 0.400. The molecule has 0 aliphatic carbocycles. The summed E-state index contributed by atoms with van der Waals surface area (Å²) >= 11 is 5.94. The molecular weight excluding hydrogens is 765 g/mol. The maximum atomic E-state index is 13.6. The molecule has 3 aromatic rings. The van der Waals surface area contributed by atoms with Gasteiger partial charge >= 0.3 is 23.9 Å². The van der Waals surface area contributed by atoms with Gasteiger partial charge < -0.3 is 61.6 Å². The summed E-state index contributed by atoms with van der Waals surface area (Å²) in [5.74, 6) is -4.81. The van der Waals surface area contributed by atoms with E-state index in [1.54, 1.807) is 38.5 Å². The van der Waals surface area contributed by atoms with Crippen molar-refractivity contribution in [3.05, 3.63) is 59.1 Å². The molecule has 10 N–H and O–H groups in total. The minimum atomic E-state index is -1.29. The molecule has 4 rings (SSSR count). The van der Waals surface area contributed by atoms with Gasteiger partial charge in [0.25, 0.3) is 0 Å². The minimum absolute atomic E-state index is 0.00675. The number of methoxy groups -OCH3 is 2. The predicted octanol–water partition coefficient (Wildman–Crippen LogP) is 2.54. The second-order valence-corrected chi connectivity index (χ2v) is 12.3. The van der Waals surface area contributed by atoms with Gasteiger partial charge in [-0.25, -0.2) is 14.4 Å². The first-order valence-electron chi connectivity index (χ1n) is 16.8. The van der Waals surface area contributed by atoms with Crippen molar-refractivity contribution in [1.82, 2.24) is 14.9 Å². The third-order valence-corrected chi connectivity index (χ3v) is 7.88. The summed E-state index contributed by atoms with van der Waals surface area (Å²) in [5, 5.41) is 38.8. The number of nitrogens with zero attached hydrogens (tertiary/aromatic N) is 3. The number of hydrogen-bond donors (Lipinski definition) is 8. The number of carboxylic acid groups (broad SMARTS) is 4. The molecule has 2 aromatic carbocycles. The molecule has 306 valence electrons. The van der Waals surface area contributed by atoms with Crippen LogP contribution in [0.3, 0.4) is 0 Å². The van der Waals surface area contributed by atoms with Crippen LogP contribution >= 0.6 is 11.6 Å². The number of hydrogen-bond acceptors (Lipinski definition) is 14. The molecule has 21 heteroatoms. The van der Waals surface area contributed by atoms with E-state index in [1.165, 1.54) is 18.5 Å². The van der Waals surface area contributed by atoms with Gasteiger partial charge in [0.1, 0.15) is 42.4 Å². The molecule has 1 aromatic heterocycles. The summed E-state index contributed by atoms with van der Waals surface area (Å²) in [5.41, 5.74) is 12.4. The topological polar surface area (TPSA) is 299 Å². The summed E-state index contributed by atoms with van der Waals surface area (Å²) in [4.78, 5) is 63.3. The van der Waals surface area contributed by atoms with Crippen LogP contribution < -0.4 is 26.8 Å². The van der Waals surface area contributed by atoms with E-state index in [9.17, 15) is 28.4 Å². The van der Waals surface area contributed by atoms with Gasteiger partial charge in [0.2, 0.25) is 5.91 Å². The normalized spacial score (nSPS) is 13.5. The van der Waals surface area contributed by atoms with Crippen LogP contribution in [0, 0.1) is 5.82 Å². The largest absolute Gasteiger partial charge is 0.489 e. The fourth-order valence-electron chi connectivity index (χ4n) is 4.68. The second-order valence-electron chi connectivity index (χ2n) is 11.9. The Kier molecular flexibility index (Phi) is 20.1. The molecule has 56 heavy (non-hydrogen) atoms. The van der Waals surface area contributed by atoms with E-state index < -0.39 is 54.6 Å². The number of nitrogens with two attached hydrogens (primary N) is 2. The fourth-order valence-corrected chi connectivity index (χ4v) is 4.86. The van der Waals surface area contributed by atoms with Gasteiger partial charge in [-0.2, -0.15) is 0 Å². The van der Waals surface area contributed by atoms with Crippen molar-refractivity contribution in [2.45, 2.75) is 37.8 Å². The molecule has 1 fully saturated rings. The average molecular weight is 810 g/mol. The van der Waals surface area contributed by atoms with E-state index in [0.717, 1.165) is 38.0 Å². The average Bonchev–Trinajstić information content (AvgIpc) is 3.13. The Morgan fingerprint density at radius 3 is 2.04 bits per heavy atom. The molecule has 1 saturated heterocycles. The predicted molar refractivity (Wildman–Crippen MR) is 202 cm³/mol. The van der Waals surface area contributed by atoms with Crippen LogP contribution in [-0.2, 0) is 33.4 Å². The van der Waals surface area contributed by atoms with E-state index in [1.807, 2.05) is 0 Å². The number of amides is 1. The zero-order valence-electron chi connectivity index (χ0n) is 30.6. The first-order chi connectivity index (χ1) is 26.5. The van der Waals surface area contributed by atoms with Crippen LogP contribution in [0.4, 0.5) is 21.6 Å². The molecule has 19 nitrogen and oxygen atoms in total. The van der Waals surface area contributed by atoms with E-state index in [2.05, 4.69) is 25.5 Å². The van der Waals surface area contributed by atoms with Crippen molar-refractivity contribution in [3.8, 4) is 5.75 Å². The Morgan fingerprint density at radius 1 is 0.911 bits per heavy atom. The van der Waals surface area contributed by atoms with E-state index in [-0.39, 0.29) is 10.9 Å². The number of halogens is 2. The number of aromatic nitrogens is 2. The zero-order valence-corrected chi connectivity index (χ0v) is 31.3. The third kappa shape index (κ3) is 16.9. The molecule has 2 heterocycles. The highest BCUT2D eigenvalue weighted by molar-refractivity contribution is 6.31. The van der Waals surface area contributed by atoms with Gasteiger partial charge in [-0.05, 0) is 37.1 Å². The van der Waals surface area contributed by atoms with Crippen molar-refractivity contribution >= 4 is 69.5 Å². The number of carbonyl (C=O) groups excluding carboxylic acids is 1. The number of ether oxygens (including phenoxy) is 3. The smallest absolute Gasteiger partial charge is 0.321 e. The van der Waals surface area contributed by atoms with Crippen LogP contribution in [0.1, 0.15) is 25.7 Å². The van der Waals surface area contributed by atoms with Crippen molar-refractivity contribution < 1.29 is 63.0 Å². The summed E-state index contributed by atoms with van der Waals surface area (Å²) in [6, 6.07) is 5.23. The second kappa shape index (κ2) is 24.1. The van der Waals surface area contributed by atoms with Gasteiger partial charge in [-0.1, -0.05) is 17.2 Å². The number of likely N-dealkylation sites (tertiary alicyclic amines) is 1. The monoisotopic (exact) mass is 809 g/mol. The van der Waals surface area contributed by atoms with Gasteiger partial charge in [0, 0.05) is 57.1 Å². The number of aliphatic carboxylic acids is 4. The molecule has 0 radical (unpaired) electrons. The number of carboxylic acids is 4. The highest BCUT2D eigenvalue weighted by Gasteiger charge is 2.18. The first kappa shape index (κ1) is 46.6. The number of carbonyl (C=O) groups is 5. The van der Waals surface area contributed by atoms with Crippen LogP contribution in [0.15, 0.2) is 48.3 Å². The maximum absolute atomic E-state index is 13.6. The first-order valence-corrected chi connectivity index (χ1v) is 17.2. The molecule has 1 amide bonds. The standard InChI is InChI=1S/C27H31ClFN5O4.2C4H7NO4/c1-36-10-9-34-7-5-18(6-8-34)13-26(35)33-24-15-20-23(16-25(24)38-12-11-37-2)30-17-31-27(20)32-19-3-4-22(29)21(28)14-19;2*5-2(4(8)9)1-3(6)7/h3-4,13-17H,5-12H2,1-2H3,(H,33,35)(H,30,31,32);2*2H,1,5H2,(H,6,7)(H,8,9)/t;2*2-/m.00/s1. The lowest BCUT2D eigenvalue weighted by Crippen LogP contribution is -2.33. The Balaban J connectivity index is 0.000000497. The Morgan fingerprint density at radius 2 is 1.52 bits per heavy atom. The Hall–Kier alpha value is -5.51. The molecule has 0 bridgehead atoms. The van der Waals surface area contributed by atoms with Crippen LogP contribution in [0.25, 0.3) is 10.9 Å². The SMILES string of the molecule is COCCOc1cc2ncnc(Nc3ccc(F)c(Cl)c3)c2cc1NC(=O)C=C1CCN(CCOC)CC1.N[C@@H](CC(=O)O)C(=O)O.N[C@@H](CC(=O)O)C(=O)O. The van der Waals surface area contributed by atoms with E-state index in [0.29, 0.717) is 53.7 Å². The highest BCUT2D eigenvalue weighted by atomic mass is 35.5. The van der Waals surface area contributed by atoms with Gasteiger partial charge in [-0.15, -0.1) is 0 Å².